The van der Waals surface area contributed by atoms with Gasteiger partial charge in [0.15, 0.2) is 0 Å². The molecule has 0 spiro atoms. The van der Waals surface area contributed by atoms with E-state index in [1.165, 1.54) is 12.1 Å². The minimum absolute atomic E-state index is 0.133. The zero-order chi connectivity index (χ0) is 19.6. The van der Waals surface area contributed by atoms with Gasteiger partial charge in [-0.2, -0.15) is 0 Å². The van der Waals surface area contributed by atoms with Crippen molar-refractivity contribution in [2.75, 3.05) is 23.8 Å². The maximum absolute atomic E-state index is 12.9. The van der Waals surface area contributed by atoms with Crippen LogP contribution in [0.15, 0.2) is 48.5 Å². The number of benzene rings is 2. The lowest BCUT2D eigenvalue weighted by Crippen LogP contribution is -2.38. The van der Waals surface area contributed by atoms with Crippen LogP contribution in [0.1, 0.15) is 19.4 Å². The highest BCUT2D eigenvalue weighted by molar-refractivity contribution is 5.86. The molecule has 0 aromatic heterocycles. The number of nitrogens with one attached hydrogen (secondary N) is 3. The number of rotatable bonds is 8. The molecule has 2 aromatic rings. The van der Waals surface area contributed by atoms with Crippen LogP contribution in [-0.2, 0) is 16.0 Å². The molecule has 0 fully saturated rings. The zero-order valence-corrected chi connectivity index (χ0v) is 15.4. The molecule has 6 nitrogen and oxygen atoms in total. The predicted molar refractivity (Wildman–Crippen MR) is 103 cm³/mol. The molecular weight excluding hydrogens is 349 g/mol. The molecule has 2 rings (SSSR count). The van der Waals surface area contributed by atoms with Crippen LogP contribution in [0.25, 0.3) is 0 Å². The van der Waals surface area contributed by atoms with Crippen LogP contribution >= 0.6 is 0 Å². The van der Waals surface area contributed by atoms with E-state index in [2.05, 4.69) is 16.0 Å². The second kappa shape index (κ2) is 10.2. The Kier molecular flexibility index (Phi) is 7.61. The molecule has 0 heterocycles. The smallest absolute Gasteiger partial charge is 0.411 e. The maximum atomic E-state index is 12.9. The van der Waals surface area contributed by atoms with Crippen LogP contribution in [-0.4, -0.2) is 31.2 Å². The predicted octanol–water partition coefficient (Wildman–Crippen LogP) is 3.55. The van der Waals surface area contributed by atoms with Gasteiger partial charge in [-0.15, -0.1) is 0 Å². The molecule has 0 bridgehead atoms. The topological polar surface area (TPSA) is 79.5 Å². The molecule has 0 aliphatic rings. The van der Waals surface area contributed by atoms with Crippen molar-refractivity contribution >= 4 is 23.4 Å². The Bertz CT molecular complexity index is 748. The fourth-order valence-corrected chi connectivity index (χ4v) is 2.38. The van der Waals surface area contributed by atoms with Gasteiger partial charge < -0.3 is 15.4 Å². The lowest BCUT2D eigenvalue weighted by Gasteiger charge is -2.16. The largest absolute Gasteiger partial charge is 0.450 e. The van der Waals surface area contributed by atoms with Crippen molar-refractivity contribution in [2.45, 2.75) is 26.3 Å². The summed E-state index contributed by atoms with van der Waals surface area (Å²) in [5, 5.41) is 8.55. The summed E-state index contributed by atoms with van der Waals surface area (Å²) < 4.78 is 17.7. The van der Waals surface area contributed by atoms with Gasteiger partial charge in [0.05, 0.1) is 6.61 Å². The van der Waals surface area contributed by atoms with Gasteiger partial charge >= 0.3 is 6.09 Å². The third-order valence-corrected chi connectivity index (χ3v) is 3.81. The monoisotopic (exact) mass is 373 g/mol. The summed E-state index contributed by atoms with van der Waals surface area (Å²) in [6.07, 6.45) is 0.125. The minimum atomic E-state index is -0.507. The first-order valence-electron chi connectivity index (χ1n) is 8.80. The Morgan fingerprint density at radius 3 is 2.30 bits per heavy atom. The number of halogens is 1. The standard InChI is InChI=1S/C20H24FN3O3/c1-3-27-20(26)24-18-10-8-17(9-11-18)23-14(2)19(25)22-13-12-15-4-6-16(21)7-5-15/h4-11,14,23H,3,12-13H2,1-2H3,(H,22,25)(H,24,26). The summed E-state index contributed by atoms with van der Waals surface area (Å²) in [7, 11) is 0. The van der Waals surface area contributed by atoms with Gasteiger partial charge in [-0.05, 0) is 62.2 Å². The molecule has 2 aromatic carbocycles. The van der Waals surface area contributed by atoms with Crippen molar-refractivity contribution in [1.29, 1.82) is 0 Å². The van der Waals surface area contributed by atoms with Crippen LogP contribution in [0.3, 0.4) is 0 Å². The molecule has 1 unspecified atom stereocenters. The summed E-state index contributed by atoms with van der Waals surface area (Å²) in [6, 6.07) is 12.8. The molecule has 27 heavy (non-hydrogen) atoms. The summed E-state index contributed by atoms with van der Waals surface area (Å²) >= 11 is 0. The quantitative estimate of drug-likeness (QED) is 0.661. The Hall–Kier alpha value is -3.09. The SMILES string of the molecule is CCOC(=O)Nc1ccc(NC(C)C(=O)NCCc2ccc(F)cc2)cc1. The van der Waals surface area contributed by atoms with Gasteiger partial charge in [0.25, 0.3) is 0 Å². The van der Waals surface area contributed by atoms with Crippen molar-refractivity contribution in [3.05, 3.63) is 59.9 Å². The highest BCUT2D eigenvalue weighted by Crippen LogP contribution is 2.14. The molecule has 0 aliphatic carbocycles. The first-order valence-corrected chi connectivity index (χ1v) is 8.80. The van der Waals surface area contributed by atoms with E-state index >= 15 is 0 Å². The van der Waals surface area contributed by atoms with Crippen LogP contribution < -0.4 is 16.0 Å². The third-order valence-electron chi connectivity index (χ3n) is 3.81. The first-order chi connectivity index (χ1) is 13.0. The van der Waals surface area contributed by atoms with Gasteiger partial charge in [0, 0.05) is 17.9 Å². The number of carbonyl (C=O) groups excluding carboxylic acids is 2. The van der Waals surface area contributed by atoms with E-state index in [4.69, 9.17) is 4.74 Å². The Balaban J connectivity index is 1.76. The van der Waals surface area contributed by atoms with E-state index in [0.717, 1.165) is 11.3 Å². The highest BCUT2D eigenvalue weighted by atomic mass is 19.1. The lowest BCUT2D eigenvalue weighted by molar-refractivity contribution is -0.121. The van der Waals surface area contributed by atoms with Crippen LogP contribution in [0.4, 0.5) is 20.6 Å². The zero-order valence-electron chi connectivity index (χ0n) is 15.4. The van der Waals surface area contributed by atoms with Crippen LogP contribution in [0, 0.1) is 5.82 Å². The average Bonchev–Trinajstić information content (AvgIpc) is 2.65. The first kappa shape index (κ1) is 20.2. The van der Waals surface area contributed by atoms with Gasteiger partial charge in [-0.25, -0.2) is 9.18 Å². The molecule has 0 radical (unpaired) electrons. The molecule has 1 atom stereocenters. The van der Waals surface area contributed by atoms with Crippen molar-refractivity contribution in [2.24, 2.45) is 0 Å². The van der Waals surface area contributed by atoms with Crippen molar-refractivity contribution in [3.8, 4) is 0 Å². The fourth-order valence-electron chi connectivity index (χ4n) is 2.38. The highest BCUT2D eigenvalue weighted by Gasteiger charge is 2.12. The van der Waals surface area contributed by atoms with Crippen molar-refractivity contribution in [1.82, 2.24) is 5.32 Å². The van der Waals surface area contributed by atoms with E-state index in [0.29, 0.717) is 25.3 Å². The van der Waals surface area contributed by atoms with Crippen LogP contribution in [0.5, 0.6) is 0 Å². The number of hydrogen-bond donors (Lipinski definition) is 3. The summed E-state index contributed by atoms with van der Waals surface area (Å²) in [4.78, 5) is 23.5. The number of ether oxygens (including phenoxy) is 1. The van der Waals surface area contributed by atoms with E-state index in [9.17, 15) is 14.0 Å². The number of hydrogen-bond acceptors (Lipinski definition) is 4. The van der Waals surface area contributed by atoms with Gasteiger partial charge in [0.2, 0.25) is 5.91 Å². The molecule has 0 aliphatic heterocycles. The number of amides is 2. The van der Waals surface area contributed by atoms with E-state index in [-0.39, 0.29) is 11.7 Å². The van der Waals surface area contributed by atoms with E-state index < -0.39 is 12.1 Å². The Morgan fingerprint density at radius 2 is 1.67 bits per heavy atom. The molecule has 2 amide bonds. The normalized spacial score (nSPS) is 11.4. The maximum Gasteiger partial charge on any atom is 0.411 e. The van der Waals surface area contributed by atoms with Crippen molar-refractivity contribution < 1.29 is 18.7 Å². The third kappa shape index (κ3) is 6.97. The van der Waals surface area contributed by atoms with Gasteiger partial charge in [-0.3, -0.25) is 10.1 Å². The summed E-state index contributed by atoms with van der Waals surface area (Å²) in [5.41, 5.74) is 2.32. The fraction of sp³-hybridized carbons (Fsp3) is 0.300. The van der Waals surface area contributed by atoms with E-state index in [1.54, 1.807) is 50.2 Å². The lowest BCUT2D eigenvalue weighted by atomic mass is 10.1. The molecule has 3 N–H and O–H groups in total. The average molecular weight is 373 g/mol. The second-order valence-electron chi connectivity index (χ2n) is 5.96. The molecular formula is C20H24FN3O3. The number of anilines is 2. The molecule has 0 saturated carbocycles. The van der Waals surface area contributed by atoms with Crippen molar-refractivity contribution in [3.63, 3.8) is 0 Å². The summed E-state index contributed by atoms with van der Waals surface area (Å²) in [6.45, 7) is 4.27. The molecule has 144 valence electrons. The van der Waals surface area contributed by atoms with Gasteiger partial charge in [0.1, 0.15) is 11.9 Å². The Morgan fingerprint density at radius 1 is 1.04 bits per heavy atom. The van der Waals surface area contributed by atoms with Crippen LogP contribution in [0.2, 0.25) is 0 Å². The summed E-state index contributed by atoms with van der Waals surface area (Å²) in [5.74, 6) is -0.407. The molecule has 0 saturated heterocycles. The van der Waals surface area contributed by atoms with E-state index in [1.807, 2.05) is 0 Å². The number of carbonyl (C=O) groups is 2. The Labute approximate surface area is 158 Å². The second-order valence-corrected chi connectivity index (χ2v) is 5.96. The van der Waals surface area contributed by atoms with Gasteiger partial charge in [-0.1, -0.05) is 12.1 Å². The minimum Gasteiger partial charge on any atom is -0.450 e. The molecule has 7 heteroatoms.